The minimum Gasteiger partial charge on any atom is -0.445 e. The van der Waals surface area contributed by atoms with E-state index in [1.165, 1.54) is 12.0 Å². The molecule has 0 aliphatic heterocycles. The predicted octanol–water partition coefficient (Wildman–Crippen LogP) is 7.07. The van der Waals surface area contributed by atoms with E-state index in [1.807, 2.05) is 48.7 Å². The SMILES string of the molecule is CC(Cc1c[nH]c2ccccc12)(NC(=O)OCc1ccccc1Cl)C(=O)NCC1(c2ccccc2)CCCCC1. The van der Waals surface area contributed by atoms with Crippen LogP contribution in [0.15, 0.2) is 85.1 Å². The first-order valence-electron chi connectivity index (χ1n) is 14.0. The van der Waals surface area contributed by atoms with Crippen molar-refractivity contribution in [1.29, 1.82) is 0 Å². The normalized spacial score (nSPS) is 16.1. The zero-order valence-corrected chi connectivity index (χ0v) is 23.6. The highest BCUT2D eigenvalue weighted by atomic mass is 35.5. The minimum absolute atomic E-state index is 0.00735. The zero-order valence-electron chi connectivity index (χ0n) is 22.8. The summed E-state index contributed by atoms with van der Waals surface area (Å²) in [5.41, 5.74) is 2.49. The number of H-pyrrole nitrogens is 1. The van der Waals surface area contributed by atoms with Gasteiger partial charge in [-0.2, -0.15) is 0 Å². The number of hydrogen-bond donors (Lipinski definition) is 3. The number of alkyl carbamates (subject to hydrolysis) is 1. The number of fused-ring (bicyclic) bond motifs is 1. The van der Waals surface area contributed by atoms with Gasteiger partial charge < -0.3 is 20.4 Å². The quantitative estimate of drug-likeness (QED) is 0.206. The molecule has 40 heavy (non-hydrogen) atoms. The molecule has 1 saturated carbocycles. The van der Waals surface area contributed by atoms with Crippen molar-refractivity contribution in [2.75, 3.05) is 6.54 Å². The molecule has 208 valence electrons. The second-order valence-corrected chi connectivity index (χ2v) is 11.5. The molecule has 1 aromatic heterocycles. The topological polar surface area (TPSA) is 83.2 Å². The monoisotopic (exact) mass is 557 g/mol. The summed E-state index contributed by atoms with van der Waals surface area (Å²) in [6.07, 6.45) is 7.02. The zero-order chi connectivity index (χ0) is 28.0. The molecule has 0 saturated heterocycles. The molecular weight excluding hydrogens is 522 g/mol. The summed E-state index contributed by atoms with van der Waals surface area (Å²) in [6, 6.07) is 25.6. The van der Waals surface area contributed by atoms with Crippen molar-refractivity contribution in [3.05, 3.63) is 107 Å². The number of aromatic amines is 1. The molecule has 5 rings (SSSR count). The first-order chi connectivity index (χ1) is 19.4. The molecule has 1 aliphatic carbocycles. The van der Waals surface area contributed by atoms with Crippen LogP contribution in [0.25, 0.3) is 10.9 Å². The fourth-order valence-corrected chi connectivity index (χ4v) is 6.08. The van der Waals surface area contributed by atoms with Crippen LogP contribution in [-0.4, -0.2) is 29.1 Å². The van der Waals surface area contributed by atoms with Crippen molar-refractivity contribution in [2.45, 2.75) is 63.0 Å². The molecule has 3 N–H and O–H groups in total. The predicted molar refractivity (Wildman–Crippen MR) is 159 cm³/mol. The molecule has 1 unspecified atom stereocenters. The number of ether oxygens (including phenoxy) is 1. The number of benzene rings is 3. The van der Waals surface area contributed by atoms with Crippen LogP contribution in [0.1, 0.15) is 55.7 Å². The van der Waals surface area contributed by atoms with Crippen LogP contribution in [0.3, 0.4) is 0 Å². The molecule has 2 amide bonds. The van der Waals surface area contributed by atoms with Crippen molar-refractivity contribution >= 4 is 34.5 Å². The number of para-hydroxylation sites is 1. The van der Waals surface area contributed by atoms with Gasteiger partial charge in [0, 0.05) is 46.1 Å². The third-order valence-corrected chi connectivity index (χ3v) is 8.57. The Kier molecular flexibility index (Phi) is 8.46. The van der Waals surface area contributed by atoms with Gasteiger partial charge in [0.1, 0.15) is 12.1 Å². The van der Waals surface area contributed by atoms with Gasteiger partial charge in [-0.3, -0.25) is 4.79 Å². The van der Waals surface area contributed by atoms with Gasteiger partial charge in [0.05, 0.1) is 0 Å². The largest absolute Gasteiger partial charge is 0.445 e. The van der Waals surface area contributed by atoms with Crippen molar-refractivity contribution in [2.24, 2.45) is 0 Å². The molecule has 6 nitrogen and oxygen atoms in total. The Balaban J connectivity index is 1.36. The van der Waals surface area contributed by atoms with Gasteiger partial charge in [0.15, 0.2) is 0 Å². The maximum Gasteiger partial charge on any atom is 0.408 e. The molecule has 4 aromatic rings. The number of hydrogen-bond acceptors (Lipinski definition) is 3. The van der Waals surface area contributed by atoms with E-state index >= 15 is 0 Å². The van der Waals surface area contributed by atoms with Crippen LogP contribution < -0.4 is 10.6 Å². The van der Waals surface area contributed by atoms with Gasteiger partial charge in [0.2, 0.25) is 5.91 Å². The number of carbonyl (C=O) groups is 2. The summed E-state index contributed by atoms with van der Waals surface area (Å²) in [6.45, 7) is 2.28. The lowest BCUT2D eigenvalue weighted by molar-refractivity contribution is -0.127. The summed E-state index contributed by atoms with van der Waals surface area (Å²) in [5.74, 6) is -0.242. The lowest BCUT2D eigenvalue weighted by Crippen LogP contribution is -2.59. The highest BCUT2D eigenvalue weighted by molar-refractivity contribution is 6.31. The Morgan fingerprint density at radius 2 is 1.62 bits per heavy atom. The number of halogens is 1. The molecule has 1 heterocycles. The van der Waals surface area contributed by atoms with Crippen molar-refractivity contribution in [3.8, 4) is 0 Å². The third-order valence-electron chi connectivity index (χ3n) is 8.20. The molecule has 3 aromatic carbocycles. The average Bonchev–Trinajstić information content (AvgIpc) is 3.38. The number of nitrogens with one attached hydrogen (secondary N) is 3. The fourth-order valence-electron chi connectivity index (χ4n) is 5.89. The lowest BCUT2D eigenvalue weighted by Gasteiger charge is -2.39. The minimum atomic E-state index is -1.25. The van der Waals surface area contributed by atoms with E-state index in [2.05, 4.69) is 39.9 Å². The maximum absolute atomic E-state index is 14.0. The van der Waals surface area contributed by atoms with E-state index in [-0.39, 0.29) is 17.9 Å². The summed E-state index contributed by atoms with van der Waals surface area (Å²) in [4.78, 5) is 30.3. The molecule has 7 heteroatoms. The molecule has 1 atom stereocenters. The first-order valence-corrected chi connectivity index (χ1v) is 14.3. The van der Waals surface area contributed by atoms with Crippen LogP contribution in [-0.2, 0) is 28.0 Å². The van der Waals surface area contributed by atoms with Gasteiger partial charge in [-0.15, -0.1) is 0 Å². The lowest BCUT2D eigenvalue weighted by atomic mass is 9.69. The first kappa shape index (κ1) is 27.8. The summed E-state index contributed by atoms with van der Waals surface area (Å²) < 4.78 is 5.52. The van der Waals surface area contributed by atoms with Gasteiger partial charge >= 0.3 is 6.09 Å². The molecule has 0 spiro atoms. The van der Waals surface area contributed by atoms with E-state index in [0.717, 1.165) is 42.1 Å². The van der Waals surface area contributed by atoms with E-state index in [4.69, 9.17) is 16.3 Å². The summed E-state index contributed by atoms with van der Waals surface area (Å²) >= 11 is 6.24. The highest BCUT2D eigenvalue weighted by Gasteiger charge is 2.40. The number of aromatic nitrogens is 1. The maximum atomic E-state index is 14.0. The Bertz CT molecular complexity index is 1460. The van der Waals surface area contributed by atoms with E-state index in [1.54, 1.807) is 19.1 Å². The van der Waals surface area contributed by atoms with Gasteiger partial charge in [-0.25, -0.2) is 4.79 Å². The van der Waals surface area contributed by atoms with Crippen LogP contribution >= 0.6 is 11.6 Å². The standard InChI is InChI=1S/C33H36ClN3O3/c1-32(20-25-21-35-29-17-9-7-15-27(25)29,37-31(39)40-22-24-12-6-8-16-28(24)34)30(38)36-23-33(18-10-3-11-19-33)26-13-4-2-5-14-26/h2,4-9,12-17,21,35H,3,10-11,18-20,22-23H2,1H3,(H,36,38)(H,37,39). The molecule has 0 bridgehead atoms. The molecular formula is C33H36ClN3O3. The number of carbonyl (C=O) groups excluding carboxylic acids is 2. The van der Waals surface area contributed by atoms with E-state index < -0.39 is 11.6 Å². The molecule has 1 aliphatic rings. The Labute approximate surface area is 240 Å². The van der Waals surface area contributed by atoms with Crippen molar-refractivity contribution in [1.82, 2.24) is 15.6 Å². The fraction of sp³-hybridized carbons (Fsp3) is 0.333. The van der Waals surface area contributed by atoms with Crippen molar-refractivity contribution < 1.29 is 14.3 Å². The highest BCUT2D eigenvalue weighted by Crippen LogP contribution is 2.39. The second-order valence-electron chi connectivity index (χ2n) is 11.1. The average molecular weight is 558 g/mol. The van der Waals surface area contributed by atoms with Crippen LogP contribution in [0.2, 0.25) is 5.02 Å². The van der Waals surface area contributed by atoms with Crippen LogP contribution in [0, 0.1) is 0 Å². The Morgan fingerprint density at radius 1 is 0.925 bits per heavy atom. The third kappa shape index (κ3) is 6.18. The van der Waals surface area contributed by atoms with Crippen LogP contribution in [0.5, 0.6) is 0 Å². The van der Waals surface area contributed by atoms with Gasteiger partial charge in [-0.1, -0.05) is 97.6 Å². The summed E-state index contributed by atoms with van der Waals surface area (Å²) in [7, 11) is 0. The Hall–Kier alpha value is -3.77. The molecule has 1 fully saturated rings. The van der Waals surface area contributed by atoms with Gasteiger partial charge in [-0.05, 0) is 43.0 Å². The smallest absolute Gasteiger partial charge is 0.408 e. The number of amides is 2. The van der Waals surface area contributed by atoms with E-state index in [0.29, 0.717) is 23.6 Å². The molecule has 0 radical (unpaired) electrons. The van der Waals surface area contributed by atoms with Gasteiger partial charge in [0.25, 0.3) is 0 Å². The Morgan fingerprint density at radius 3 is 2.40 bits per heavy atom. The van der Waals surface area contributed by atoms with Crippen LogP contribution in [0.4, 0.5) is 4.79 Å². The van der Waals surface area contributed by atoms with Crippen molar-refractivity contribution in [3.63, 3.8) is 0 Å². The second kappa shape index (κ2) is 12.2. The van der Waals surface area contributed by atoms with E-state index in [9.17, 15) is 9.59 Å². The number of rotatable bonds is 9. The summed E-state index contributed by atoms with van der Waals surface area (Å²) in [5, 5.41) is 7.67.